The van der Waals surface area contributed by atoms with Crippen molar-refractivity contribution < 1.29 is 33.2 Å². The average molecular weight is 771 g/mol. The van der Waals surface area contributed by atoms with E-state index in [1.807, 2.05) is 0 Å². The molecule has 0 aliphatic carbocycles. The zero-order valence-electron chi connectivity index (χ0n) is 35.4. The summed E-state index contributed by atoms with van der Waals surface area (Å²) < 4.78 is 38.5. The highest BCUT2D eigenvalue weighted by Crippen LogP contribution is 2.36. The summed E-state index contributed by atoms with van der Waals surface area (Å²) in [5.74, 6) is 0. The van der Waals surface area contributed by atoms with Crippen LogP contribution in [0.25, 0.3) is 0 Å². The summed E-state index contributed by atoms with van der Waals surface area (Å²) in [6.45, 7) is 19.0. The van der Waals surface area contributed by atoms with Crippen LogP contribution in [0, 0.1) is 0 Å². The normalized spacial score (nSPS) is 22.3. The highest BCUT2D eigenvalue weighted by atomic mass is 28.3. The van der Waals surface area contributed by atoms with Crippen molar-refractivity contribution in [2.45, 2.75) is 243 Å². The minimum Gasteiger partial charge on any atom is -0.370 e. The van der Waals surface area contributed by atoms with E-state index in [1.54, 1.807) is 0 Å². The van der Waals surface area contributed by atoms with Crippen LogP contribution < -0.4 is 0 Å². The maximum absolute atomic E-state index is 10.5. The van der Waals surface area contributed by atoms with E-state index >= 15 is 0 Å². The van der Waals surface area contributed by atoms with Crippen molar-refractivity contribution >= 4 is 22.4 Å². The van der Waals surface area contributed by atoms with Gasteiger partial charge in [0.05, 0.1) is 36.6 Å². The third-order valence-electron chi connectivity index (χ3n) is 11.0. The predicted molar refractivity (Wildman–Crippen MR) is 223 cm³/mol. The Balaban J connectivity index is 1.85. The van der Waals surface area contributed by atoms with Crippen LogP contribution in [0.2, 0.25) is 51.4 Å². The summed E-state index contributed by atoms with van der Waals surface area (Å²) in [5.41, 5.74) is 0. The van der Waals surface area contributed by atoms with Gasteiger partial charge in [-0.15, -0.1) is 0 Å². The largest absolute Gasteiger partial charge is 0.370 e. The number of hydrogen-bond donors (Lipinski definition) is 0. The van der Waals surface area contributed by atoms with E-state index in [2.05, 4.69) is 46.2 Å². The lowest BCUT2D eigenvalue weighted by atomic mass is 10.00. The summed E-state index contributed by atoms with van der Waals surface area (Å²) in [7, 11) is -2.25. The third kappa shape index (κ3) is 24.4. The molecule has 0 N–H and O–H groups in total. The summed E-state index contributed by atoms with van der Waals surface area (Å²) in [6, 6.07) is 2.33. The molecule has 7 nitrogen and oxygen atoms in total. The summed E-state index contributed by atoms with van der Waals surface area (Å²) >= 11 is 0. The molecule has 6 atom stereocenters. The number of ether oxygens (including phenoxy) is 6. The minimum atomic E-state index is -1.13. The molecule has 0 bridgehead atoms. The summed E-state index contributed by atoms with van der Waals surface area (Å²) in [5, 5.41) is 0. The van der Waals surface area contributed by atoms with Gasteiger partial charge in [0.15, 0.2) is 0 Å². The van der Waals surface area contributed by atoms with Crippen LogP contribution in [0.4, 0.5) is 0 Å². The van der Waals surface area contributed by atoms with Crippen molar-refractivity contribution in [1.29, 1.82) is 0 Å². The molecule has 9 heteroatoms. The second-order valence-corrected chi connectivity index (χ2v) is 29.7. The van der Waals surface area contributed by atoms with Gasteiger partial charge >= 0.3 is 0 Å². The zero-order chi connectivity index (χ0) is 37.9. The van der Waals surface area contributed by atoms with E-state index < -0.39 is 16.1 Å². The van der Waals surface area contributed by atoms with Gasteiger partial charge in [-0.2, -0.15) is 0 Å². The first-order valence-electron chi connectivity index (χ1n) is 22.2. The molecule has 0 radical (unpaired) electrons. The van der Waals surface area contributed by atoms with E-state index in [0.29, 0.717) is 20.0 Å². The van der Waals surface area contributed by atoms with Crippen molar-refractivity contribution in [2.24, 2.45) is 0 Å². The Kier molecular flexibility index (Phi) is 26.9. The Morgan fingerprint density at radius 3 is 1.33 bits per heavy atom. The van der Waals surface area contributed by atoms with E-state index in [0.717, 1.165) is 76.9 Å². The lowest BCUT2D eigenvalue weighted by Crippen LogP contribution is -2.35. The molecule has 0 aromatic carbocycles. The Morgan fingerprint density at radius 1 is 0.558 bits per heavy atom. The van der Waals surface area contributed by atoms with Crippen LogP contribution in [-0.4, -0.2) is 85.9 Å². The summed E-state index contributed by atoms with van der Waals surface area (Å²) in [4.78, 5) is 10.5. The molecule has 2 aliphatic rings. The highest BCUT2D eigenvalue weighted by molar-refractivity contribution is 6.76. The molecule has 2 rings (SSSR count). The van der Waals surface area contributed by atoms with Gasteiger partial charge in [0.1, 0.15) is 19.9 Å². The third-order valence-corrected chi connectivity index (χ3v) is 14.4. The van der Waals surface area contributed by atoms with Gasteiger partial charge in [-0.05, 0) is 57.0 Å². The predicted octanol–water partition coefficient (Wildman–Crippen LogP) is 12.1. The fraction of sp³-hybridized carbons (Fsp3) is 0.977. The average Bonchev–Trinajstić information content (AvgIpc) is 3.78. The fourth-order valence-corrected chi connectivity index (χ4v) is 9.00. The molecule has 0 unspecified atom stereocenters. The van der Waals surface area contributed by atoms with Crippen molar-refractivity contribution in [3.05, 3.63) is 0 Å². The second kappa shape index (κ2) is 29.2. The Bertz CT molecular complexity index is 848. The van der Waals surface area contributed by atoms with Gasteiger partial charge in [0.25, 0.3) is 0 Å². The monoisotopic (exact) mass is 771 g/mol. The Labute approximate surface area is 324 Å². The van der Waals surface area contributed by atoms with Crippen molar-refractivity contribution in [1.82, 2.24) is 0 Å². The number of carbonyl (C=O) groups excluding carboxylic acids is 1. The Hall–Kier alpha value is -0.136. The molecule has 308 valence electrons. The van der Waals surface area contributed by atoms with Gasteiger partial charge in [0, 0.05) is 35.8 Å². The van der Waals surface area contributed by atoms with Crippen molar-refractivity contribution in [2.75, 3.05) is 26.8 Å². The van der Waals surface area contributed by atoms with Crippen LogP contribution in [0.15, 0.2) is 0 Å². The van der Waals surface area contributed by atoms with Crippen LogP contribution in [0.5, 0.6) is 0 Å². The maximum Gasteiger partial charge on any atom is 0.147 e. The van der Waals surface area contributed by atoms with E-state index in [9.17, 15) is 4.79 Å². The molecule has 2 saturated heterocycles. The second-order valence-electron chi connectivity index (χ2n) is 18.5. The quantitative estimate of drug-likeness (QED) is 0.0275. The van der Waals surface area contributed by atoms with Gasteiger partial charge < -0.3 is 33.2 Å². The number of hydrogen-bond acceptors (Lipinski definition) is 7. The first-order valence-corrected chi connectivity index (χ1v) is 29.6. The number of rotatable bonds is 35. The molecule has 0 amide bonds. The van der Waals surface area contributed by atoms with Crippen LogP contribution >= 0.6 is 0 Å². The molecular weight excluding hydrogens is 685 g/mol. The lowest BCUT2D eigenvalue weighted by molar-refractivity contribution is -0.162. The van der Waals surface area contributed by atoms with Crippen molar-refractivity contribution in [3.8, 4) is 0 Å². The SMILES string of the molecule is CCCCCCCCCC[C@@H](OCOCC[Si](C)(C)C)[C@H]1CC[C@H]([C@H]2CC[C@H]([C@@H](CCCCCCCCCCC=O)OCOCC[Si](C)(C)C)O2)O1. The highest BCUT2D eigenvalue weighted by Gasteiger charge is 2.42. The molecular formula is C43H86O7Si2. The first-order chi connectivity index (χ1) is 25.0. The fourth-order valence-electron chi connectivity index (χ4n) is 7.48. The molecule has 2 heterocycles. The summed E-state index contributed by atoms with van der Waals surface area (Å²) in [6.07, 6.45) is 28.9. The molecule has 0 aromatic rings. The van der Waals surface area contributed by atoms with E-state index in [4.69, 9.17) is 28.4 Å². The zero-order valence-corrected chi connectivity index (χ0v) is 37.4. The molecule has 2 aliphatic heterocycles. The van der Waals surface area contributed by atoms with Gasteiger partial charge in [-0.3, -0.25) is 0 Å². The van der Waals surface area contributed by atoms with Crippen LogP contribution in [-0.2, 0) is 33.2 Å². The lowest BCUT2D eigenvalue weighted by Gasteiger charge is -2.28. The van der Waals surface area contributed by atoms with Gasteiger partial charge in [0.2, 0.25) is 0 Å². The first kappa shape index (κ1) is 48.0. The maximum atomic E-state index is 10.5. The van der Waals surface area contributed by atoms with Crippen molar-refractivity contribution in [3.63, 3.8) is 0 Å². The van der Waals surface area contributed by atoms with Crippen LogP contribution in [0.3, 0.4) is 0 Å². The number of aldehydes is 1. The van der Waals surface area contributed by atoms with E-state index in [1.165, 1.54) is 95.9 Å². The van der Waals surface area contributed by atoms with E-state index in [-0.39, 0.29) is 36.6 Å². The van der Waals surface area contributed by atoms with Crippen LogP contribution in [0.1, 0.15) is 155 Å². The smallest absolute Gasteiger partial charge is 0.147 e. The molecule has 0 saturated carbocycles. The topological polar surface area (TPSA) is 72.5 Å². The number of unbranched alkanes of at least 4 members (excludes halogenated alkanes) is 15. The standard InChI is InChI=1S/C43H86O7Si2/c1-8-9-10-11-12-16-19-22-25-38(47-36-45-32-34-51(2,3)4)40-27-29-42(49-40)43-30-28-41(50-43)39(48-37-46-33-35-52(5,6)7)26-23-20-17-14-13-15-18-21-24-31-44/h31,38-43H,8-30,32-37H2,1-7H3/t38-,39-,40-,41-,42-,43-/m1/s1. The van der Waals surface area contributed by atoms with Gasteiger partial charge in [-0.1, -0.05) is 143 Å². The molecule has 0 aromatic heterocycles. The molecule has 52 heavy (non-hydrogen) atoms. The minimum absolute atomic E-state index is 0.0729. The molecule has 2 fully saturated rings. The van der Waals surface area contributed by atoms with Gasteiger partial charge in [-0.25, -0.2) is 0 Å². The molecule has 0 spiro atoms. The Morgan fingerprint density at radius 2 is 0.942 bits per heavy atom. The number of carbonyl (C=O) groups is 1.